The maximum absolute atomic E-state index is 11.5. The van der Waals surface area contributed by atoms with Gasteiger partial charge in [-0.1, -0.05) is 19.9 Å². The topological polar surface area (TPSA) is 29.5 Å². The monoisotopic (exact) mass is 309 g/mol. The minimum Gasteiger partial charge on any atom is -0.469 e. The van der Waals surface area contributed by atoms with Gasteiger partial charge in [-0.2, -0.15) is 0 Å². The molecule has 0 aliphatic heterocycles. The lowest BCUT2D eigenvalue weighted by Crippen LogP contribution is -2.33. The molecule has 3 nitrogen and oxygen atoms in total. The van der Waals surface area contributed by atoms with E-state index in [-0.39, 0.29) is 11.9 Å². The summed E-state index contributed by atoms with van der Waals surface area (Å²) in [6.07, 6.45) is 0. The summed E-state index contributed by atoms with van der Waals surface area (Å²) in [6, 6.07) is 6.60. The van der Waals surface area contributed by atoms with Crippen LogP contribution in [0.3, 0.4) is 0 Å². The Morgan fingerprint density at radius 2 is 2.05 bits per heavy atom. The Kier molecular flexibility index (Phi) is 7.83. The second-order valence-corrected chi connectivity index (χ2v) is 6.58. The van der Waals surface area contributed by atoms with Gasteiger partial charge < -0.3 is 9.64 Å². The van der Waals surface area contributed by atoms with E-state index in [2.05, 4.69) is 43.9 Å². The van der Waals surface area contributed by atoms with Crippen LogP contribution in [-0.2, 0) is 9.53 Å². The number of methoxy groups -OCH3 is 1. The highest BCUT2D eigenvalue weighted by molar-refractivity contribution is 7.99. The van der Waals surface area contributed by atoms with Gasteiger partial charge in [0.05, 0.1) is 13.0 Å². The first-order valence-electron chi connectivity index (χ1n) is 7.48. The minimum atomic E-state index is -0.129. The van der Waals surface area contributed by atoms with Gasteiger partial charge in [0.15, 0.2) is 0 Å². The quantitative estimate of drug-likeness (QED) is 0.543. The zero-order valence-electron chi connectivity index (χ0n) is 13.8. The molecule has 118 valence electrons. The van der Waals surface area contributed by atoms with Gasteiger partial charge in [0.25, 0.3) is 0 Å². The van der Waals surface area contributed by atoms with Crippen molar-refractivity contribution in [1.29, 1.82) is 0 Å². The third-order valence-electron chi connectivity index (χ3n) is 3.74. The average molecular weight is 309 g/mol. The summed E-state index contributed by atoms with van der Waals surface area (Å²) in [5.74, 6) is 0.835. The summed E-state index contributed by atoms with van der Waals surface area (Å²) in [5.41, 5.74) is 2.67. The largest absolute Gasteiger partial charge is 0.469 e. The number of rotatable bonds is 8. The Hall–Kier alpha value is -1.00. The Balaban J connectivity index is 2.41. The fourth-order valence-electron chi connectivity index (χ4n) is 2.14. The van der Waals surface area contributed by atoms with Crippen molar-refractivity contribution >= 4 is 17.7 Å². The van der Waals surface area contributed by atoms with Crippen molar-refractivity contribution in [2.24, 2.45) is 5.92 Å². The van der Waals surface area contributed by atoms with Crippen molar-refractivity contribution < 1.29 is 9.53 Å². The highest BCUT2D eigenvalue weighted by Gasteiger charge is 2.16. The molecule has 1 aromatic carbocycles. The number of esters is 1. The molecule has 1 atom stereocenters. The standard InChI is InChI=1S/C17H27NO2S/c1-6-18(12-15(4)17(19)20-5)9-10-21-16-8-7-13(2)14(3)11-16/h7-8,11,15H,6,9-10,12H2,1-5H3. The van der Waals surface area contributed by atoms with Crippen molar-refractivity contribution in [3.8, 4) is 0 Å². The molecule has 0 saturated heterocycles. The first kappa shape index (κ1) is 18.1. The number of hydrogen-bond donors (Lipinski definition) is 0. The van der Waals surface area contributed by atoms with Crippen molar-refractivity contribution in [3.63, 3.8) is 0 Å². The van der Waals surface area contributed by atoms with E-state index in [9.17, 15) is 4.79 Å². The van der Waals surface area contributed by atoms with Gasteiger partial charge >= 0.3 is 5.97 Å². The van der Waals surface area contributed by atoms with Crippen LogP contribution in [-0.4, -0.2) is 43.4 Å². The van der Waals surface area contributed by atoms with Crippen molar-refractivity contribution in [2.75, 3.05) is 32.5 Å². The minimum absolute atomic E-state index is 0.0680. The summed E-state index contributed by atoms with van der Waals surface area (Å²) in [6.45, 7) is 11.0. The zero-order valence-corrected chi connectivity index (χ0v) is 14.6. The Morgan fingerprint density at radius 3 is 2.62 bits per heavy atom. The van der Waals surface area contributed by atoms with Gasteiger partial charge in [-0.25, -0.2) is 0 Å². The predicted octanol–water partition coefficient (Wildman–Crippen LogP) is 3.53. The number of carbonyl (C=O) groups is 1. The summed E-state index contributed by atoms with van der Waals surface area (Å²) in [5, 5.41) is 0. The van der Waals surface area contributed by atoms with E-state index in [1.807, 2.05) is 18.7 Å². The fourth-order valence-corrected chi connectivity index (χ4v) is 3.15. The van der Waals surface area contributed by atoms with Crippen LogP contribution in [0.15, 0.2) is 23.1 Å². The van der Waals surface area contributed by atoms with E-state index in [0.29, 0.717) is 0 Å². The maximum atomic E-state index is 11.5. The van der Waals surface area contributed by atoms with Crippen LogP contribution in [0, 0.1) is 19.8 Å². The van der Waals surface area contributed by atoms with Gasteiger partial charge in [0.1, 0.15) is 0 Å². The maximum Gasteiger partial charge on any atom is 0.309 e. The summed E-state index contributed by atoms with van der Waals surface area (Å²) in [4.78, 5) is 15.1. The number of hydrogen-bond acceptors (Lipinski definition) is 4. The molecule has 0 amide bonds. The molecule has 1 rings (SSSR count). The Labute approximate surface area is 133 Å². The molecule has 0 aliphatic rings. The van der Waals surface area contributed by atoms with Gasteiger partial charge in [0, 0.05) is 23.7 Å². The molecule has 0 radical (unpaired) electrons. The Bertz CT molecular complexity index is 462. The predicted molar refractivity (Wildman–Crippen MR) is 89.9 cm³/mol. The van der Waals surface area contributed by atoms with Gasteiger partial charge in [-0.05, 0) is 43.7 Å². The molecular formula is C17H27NO2S. The number of carbonyl (C=O) groups excluding carboxylic acids is 1. The highest BCUT2D eigenvalue weighted by Crippen LogP contribution is 2.21. The normalized spacial score (nSPS) is 12.5. The van der Waals surface area contributed by atoms with Gasteiger partial charge in [-0.15, -0.1) is 11.8 Å². The molecule has 0 heterocycles. The lowest BCUT2D eigenvalue weighted by Gasteiger charge is -2.22. The number of thioether (sulfide) groups is 1. The molecule has 21 heavy (non-hydrogen) atoms. The summed E-state index contributed by atoms with van der Waals surface area (Å²) in [7, 11) is 1.45. The molecular weight excluding hydrogens is 282 g/mol. The van der Waals surface area contributed by atoms with Crippen molar-refractivity contribution in [3.05, 3.63) is 29.3 Å². The number of benzene rings is 1. The molecule has 1 aromatic rings. The third kappa shape index (κ3) is 6.10. The first-order chi connectivity index (χ1) is 9.97. The summed E-state index contributed by atoms with van der Waals surface area (Å²) >= 11 is 1.87. The van der Waals surface area contributed by atoms with Gasteiger partial charge in [-0.3, -0.25) is 4.79 Å². The van der Waals surface area contributed by atoms with Crippen LogP contribution in [0.4, 0.5) is 0 Å². The number of nitrogens with zero attached hydrogens (tertiary/aromatic N) is 1. The van der Waals surface area contributed by atoms with Crippen LogP contribution in [0.25, 0.3) is 0 Å². The molecule has 1 unspecified atom stereocenters. The second kappa shape index (κ2) is 9.11. The molecule has 0 saturated carbocycles. The van der Waals surface area contributed by atoms with Crippen LogP contribution in [0.1, 0.15) is 25.0 Å². The van der Waals surface area contributed by atoms with E-state index in [4.69, 9.17) is 4.74 Å². The molecule has 0 N–H and O–H groups in total. The van der Waals surface area contributed by atoms with Crippen LogP contribution in [0.2, 0.25) is 0 Å². The lowest BCUT2D eigenvalue weighted by molar-refractivity contribution is -0.145. The van der Waals surface area contributed by atoms with Crippen molar-refractivity contribution in [2.45, 2.75) is 32.6 Å². The highest BCUT2D eigenvalue weighted by atomic mass is 32.2. The average Bonchev–Trinajstić information content (AvgIpc) is 2.48. The lowest BCUT2D eigenvalue weighted by atomic mass is 10.1. The summed E-state index contributed by atoms with van der Waals surface area (Å²) < 4.78 is 4.78. The number of ether oxygens (including phenoxy) is 1. The van der Waals surface area contributed by atoms with E-state index in [1.54, 1.807) is 0 Å². The molecule has 4 heteroatoms. The Morgan fingerprint density at radius 1 is 1.33 bits per heavy atom. The third-order valence-corrected chi connectivity index (χ3v) is 4.71. The molecule has 0 bridgehead atoms. The van der Waals surface area contributed by atoms with Gasteiger partial charge in [0.2, 0.25) is 0 Å². The fraction of sp³-hybridized carbons (Fsp3) is 0.588. The van der Waals surface area contributed by atoms with E-state index < -0.39 is 0 Å². The molecule has 0 spiro atoms. The molecule has 0 fully saturated rings. The zero-order chi connectivity index (χ0) is 15.8. The number of aryl methyl sites for hydroxylation is 2. The van der Waals surface area contributed by atoms with Crippen LogP contribution >= 0.6 is 11.8 Å². The van der Waals surface area contributed by atoms with E-state index in [1.165, 1.54) is 23.1 Å². The van der Waals surface area contributed by atoms with Crippen LogP contribution in [0.5, 0.6) is 0 Å². The van der Waals surface area contributed by atoms with E-state index >= 15 is 0 Å². The van der Waals surface area contributed by atoms with Crippen molar-refractivity contribution in [1.82, 2.24) is 4.90 Å². The molecule has 0 aromatic heterocycles. The second-order valence-electron chi connectivity index (χ2n) is 5.41. The molecule has 0 aliphatic carbocycles. The van der Waals surface area contributed by atoms with E-state index in [0.717, 1.165) is 25.4 Å². The first-order valence-corrected chi connectivity index (χ1v) is 8.46. The SMILES string of the molecule is CCN(CCSc1ccc(C)c(C)c1)CC(C)C(=O)OC. The van der Waals surface area contributed by atoms with Crippen LogP contribution < -0.4 is 0 Å². The smallest absolute Gasteiger partial charge is 0.309 e.